The Kier molecular flexibility index (Phi) is 5.95. The van der Waals surface area contributed by atoms with Gasteiger partial charge in [0.2, 0.25) is 11.8 Å². The number of aryl methyl sites for hydroxylation is 2. The van der Waals surface area contributed by atoms with Crippen molar-refractivity contribution in [3.05, 3.63) is 35.4 Å². The van der Waals surface area contributed by atoms with E-state index in [9.17, 15) is 9.59 Å². The number of benzene rings is 1. The number of amides is 2. The highest BCUT2D eigenvalue weighted by Crippen LogP contribution is 2.09. The van der Waals surface area contributed by atoms with Crippen LogP contribution in [-0.2, 0) is 16.0 Å². The van der Waals surface area contributed by atoms with Gasteiger partial charge in [-0.25, -0.2) is 0 Å². The van der Waals surface area contributed by atoms with Gasteiger partial charge in [0.05, 0.1) is 6.54 Å². The molecule has 0 atom stereocenters. The molecule has 22 heavy (non-hydrogen) atoms. The summed E-state index contributed by atoms with van der Waals surface area (Å²) in [5.74, 6) is -0.0527. The summed E-state index contributed by atoms with van der Waals surface area (Å²) in [5, 5.41) is 2.74. The number of hydrogen-bond acceptors (Lipinski definition) is 3. The third-order valence-corrected chi connectivity index (χ3v) is 4.18. The van der Waals surface area contributed by atoms with Crippen LogP contribution in [-0.4, -0.2) is 61.4 Å². The molecule has 1 saturated heterocycles. The van der Waals surface area contributed by atoms with E-state index in [0.29, 0.717) is 12.8 Å². The second-order valence-corrected chi connectivity index (χ2v) is 5.89. The molecule has 0 unspecified atom stereocenters. The Morgan fingerprint density at radius 2 is 1.82 bits per heavy atom. The minimum atomic E-state index is -0.0641. The average molecular weight is 303 g/mol. The summed E-state index contributed by atoms with van der Waals surface area (Å²) in [6, 6.07) is 8.06. The molecule has 1 fully saturated rings. The predicted octanol–water partition coefficient (Wildman–Crippen LogP) is 0.818. The average Bonchev–Trinajstić information content (AvgIpc) is 2.52. The largest absolute Gasteiger partial charge is 0.347 e. The number of rotatable bonds is 5. The van der Waals surface area contributed by atoms with Crippen molar-refractivity contribution < 1.29 is 9.59 Å². The van der Waals surface area contributed by atoms with Crippen molar-refractivity contribution in [3.63, 3.8) is 0 Å². The Balaban J connectivity index is 1.69. The fraction of sp³-hybridized carbons (Fsp3) is 0.529. The van der Waals surface area contributed by atoms with E-state index in [-0.39, 0.29) is 18.4 Å². The first-order valence-electron chi connectivity index (χ1n) is 7.84. The minimum absolute atomic E-state index is 0.0114. The molecular formula is C17H25N3O2. The van der Waals surface area contributed by atoms with Crippen LogP contribution in [0, 0.1) is 6.92 Å². The molecule has 0 spiro atoms. The van der Waals surface area contributed by atoms with Gasteiger partial charge in [-0.05, 0) is 31.5 Å². The van der Waals surface area contributed by atoms with Crippen molar-refractivity contribution in [2.45, 2.75) is 19.8 Å². The molecule has 2 rings (SSSR count). The van der Waals surface area contributed by atoms with Crippen molar-refractivity contribution in [1.82, 2.24) is 15.1 Å². The second-order valence-electron chi connectivity index (χ2n) is 5.89. The molecule has 1 heterocycles. The van der Waals surface area contributed by atoms with Gasteiger partial charge in [0.15, 0.2) is 0 Å². The summed E-state index contributed by atoms with van der Waals surface area (Å²) in [6.45, 7) is 5.43. The maximum atomic E-state index is 12.0. The molecule has 5 nitrogen and oxygen atoms in total. The third kappa shape index (κ3) is 4.84. The van der Waals surface area contributed by atoms with Gasteiger partial charge in [-0.3, -0.25) is 9.59 Å². The quantitative estimate of drug-likeness (QED) is 0.876. The van der Waals surface area contributed by atoms with Crippen molar-refractivity contribution in [2.24, 2.45) is 0 Å². The first-order chi connectivity index (χ1) is 10.6. The van der Waals surface area contributed by atoms with Crippen LogP contribution in [0.3, 0.4) is 0 Å². The number of carbonyl (C=O) groups is 2. The molecular weight excluding hydrogens is 278 g/mol. The smallest absolute Gasteiger partial charge is 0.242 e. The Morgan fingerprint density at radius 1 is 1.14 bits per heavy atom. The van der Waals surface area contributed by atoms with Crippen molar-refractivity contribution in [3.8, 4) is 0 Å². The highest BCUT2D eigenvalue weighted by molar-refractivity contribution is 5.84. The molecule has 1 aromatic carbocycles. The Bertz CT molecular complexity index is 522. The molecule has 1 N–H and O–H groups in total. The molecule has 1 aromatic rings. The standard InChI is InChI=1S/C17H25N3O2/c1-14-5-3-4-6-15(14)7-8-16(21)18-13-17(22)20-11-9-19(2)10-12-20/h3-6H,7-13H2,1-2H3,(H,18,21). The zero-order chi connectivity index (χ0) is 15.9. The number of nitrogens with zero attached hydrogens (tertiary/aromatic N) is 2. The molecule has 5 heteroatoms. The molecule has 0 saturated carbocycles. The zero-order valence-corrected chi connectivity index (χ0v) is 13.5. The molecule has 0 radical (unpaired) electrons. The lowest BCUT2D eigenvalue weighted by atomic mass is 10.0. The van der Waals surface area contributed by atoms with E-state index in [1.165, 1.54) is 11.1 Å². The summed E-state index contributed by atoms with van der Waals surface area (Å²) < 4.78 is 0. The fourth-order valence-corrected chi connectivity index (χ4v) is 2.57. The Morgan fingerprint density at radius 3 is 2.50 bits per heavy atom. The zero-order valence-electron chi connectivity index (χ0n) is 13.5. The van der Waals surface area contributed by atoms with Crippen LogP contribution in [0.1, 0.15) is 17.5 Å². The van der Waals surface area contributed by atoms with Gasteiger partial charge in [0, 0.05) is 32.6 Å². The number of nitrogens with one attached hydrogen (secondary N) is 1. The minimum Gasteiger partial charge on any atom is -0.347 e. The van der Waals surface area contributed by atoms with Crippen molar-refractivity contribution >= 4 is 11.8 Å². The Labute approximate surface area is 132 Å². The number of hydrogen-bond donors (Lipinski definition) is 1. The van der Waals surface area contributed by atoms with E-state index in [1.54, 1.807) is 0 Å². The molecule has 1 aliphatic rings. The highest BCUT2D eigenvalue weighted by atomic mass is 16.2. The first-order valence-corrected chi connectivity index (χ1v) is 7.84. The summed E-state index contributed by atoms with van der Waals surface area (Å²) in [7, 11) is 2.05. The van der Waals surface area contributed by atoms with Crippen LogP contribution in [0.4, 0.5) is 0 Å². The summed E-state index contributed by atoms with van der Waals surface area (Å²) in [5.41, 5.74) is 2.38. The van der Waals surface area contributed by atoms with E-state index in [4.69, 9.17) is 0 Å². The van der Waals surface area contributed by atoms with Gasteiger partial charge in [-0.15, -0.1) is 0 Å². The van der Waals surface area contributed by atoms with Gasteiger partial charge in [0.1, 0.15) is 0 Å². The van der Waals surface area contributed by atoms with Crippen LogP contribution >= 0.6 is 0 Å². The van der Waals surface area contributed by atoms with Gasteiger partial charge in [-0.2, -0.15) is 0 Å². The van der Waals surface area contributed by atoms with Gasteiger partial charge < -0.3 is 15.1 Å². The molecule has 0 bridgehead atoms. The number of likely N-dealkylation sites (N-methyl/N-ethyl adjacent to an activating group) is 1. The van der Waals surface area contributed by atoms with Crippen LogP contribution in [0.25, 0.3) is 0 Å². The lowest BCUT2D eigenvalue weighted by Crippen LogP contribution is -2.50. The van der Waals surface area contributed by atoms with Gasteiger partial charge >= 0.3 is 0 Å². The van der Waals surface area contributed by atoms with E-state index >= 15 is 0 Å². The molecule has 2 amide bonds. The van der Waals surface area contributed by atoms with Crippen LogP contribution in [0.15, 0.2) is 24.3 Å². The molecule has 0 aromatic heterocycles. The fourth-order valence-electron chi connectivity index (χ4n) is 2.57. The Hall–Kier alpha value is -1.88. The monoisotopic (exact) mass is 303 g/mol. The first kappa shape index (κ1) is 16.5. The van der Waals surface area contributed by atoms with E-state index in [1.807, 2.05) is 36.1 Å². The van der Waals surface area contributed by atoms with E-state index in [2.05, 4.69) is 17.3 Å². The van der Waals surface area contributed by atoms with Crippen molar-refractivity contribution in [1.29, 1.82) is 0 Å². The summed E-state index contributed by atoms with van der Waals surface area (Å²) in [4.78, 5) is 27.9. The maximum absolute atomic E-state index is 12.0. The second kappa shape index (κ2) is 7.94. The maximum Gasteiger partial charge on any atom is 0.242 e. The lowest BCUT2D eigenvalue weighted by molar-refractivity contribution is -0.134. The lowest BCUT2D eigenvalue weighted by Gasteiger charge is -2.32. The normalized spacial score (nSPS) is 15.6. The number of piperazine rings is 1. The molecule has 120 valence electrons. The summed E-state index contributed by atoms with van der Waals surface area (Å²) >= 11 is 0. The molecule has 0 aliphatic carbocycles. The van der Waals surface area contributed by atoms with Crippen LogP contribution < -0.4 is 5.32 Å². The van der Waals surface area contributed by atoms with Crippen LogP contribution in [0.2, 0.25) is 0 Å². The summed E-state index contributed by atoms with van der Waals surface area (Å²) in [6.07, 6.45) is 1.13. The number of carbonyl (C=O) groups excluding carboxylic acids is 2. The van der Waals surface area contributed by atoms with Gasteiger partial charge in [0.25, 0.3) is 0 Å². The van der Waals surface area contributed by atoms with E-state index in [0.717, 1.165) is 26.2 Å². The molecule has 1 aliphatic heterocycles. The van der Waals surface area contributed by atoms with Crippen LogP contribution in [0.5, 0.6) is 0 Å². The van der Waals surface area contributed by atoms with Crippen molar-refractivity contribution in [2.75, 3.05) is 39.8 Å². The third-order valence-electron chi connectivity index (χ3n) is 4.18. The van der Waals surface area contributed by atoms with Gasteiger partial charge in [-0.1, -0.05) is 24.3 Å². The SMILES string of the molecule is Cc1ccccc1CCC(=O)NCC(=O)N1CCN(C)CC1. The highest BCUT2D eigenvalue weighted by Gasteiger charge is 2.19. The van der Waals surface area contributed by atoms with E-state index < -0.39 is 0 Å². The predicted molar refractivity (Wildman–Crippen MR) is 86.6 cm³/mol. The topological polar surface area (TPSA) is 52.7 Å².